The molecule has 1 aliphatic heterocycles. The van der Waals surface area contributed by atoms with Crippen molar-refractivity contribution in [3.05, 3.63) is 84.4 Å². The molecule has 1 amide bonds. The van der Waals surface area contributed by atoms with Crippen LogP contribution in [0.1, 0.15) is 25.3 Å². The smallest absolute Gasteiger partial charge is 0.326 e. The monoisotopic (exact) mass is 522 g/mol. The van der Waals surface area contributed by atoms with Crippen LogP contribution in [-0.4, -0.2) is 54.9 Å². The zero-order valence-electron chi connectivity index (χ0n) is 20.8. The number of ether oxygens (including phenoxy) is 1. The molecule has 4 rings (SSSR count). The maximum atomic E-state index is 13.4. The molecule has 3 aromatic rings. The van der Waals surface area contributed by atoms with Gasteiger partial charge in [0.1, 0.15) is 17.3 Å². The fourth-order valence-electron chi connectivity index (χ4n) is 4.72. The summed E-state index contributed by atoms with van der Waals surface area (Å²) in [6, 6.07) is 21.7. The average Bonchev–Trinajstić information content (AvgIpc) is 3.33. The fraction of sp³-hybridized carbons (Fsp3) is 0.286. The fourth-order valence-corrected chi connectivity index (χ4v) is 6.55. The molecular weight excluding hydrogens is 492 g/mol. The molecule has 0 saturated carbocycles. The van der Waals surface area contributed by atoms with Crippen LogP contribution in [-0.2, 0) is 26.0 Å². The van der Waals surface area contributed by atoms with Crippen molar-refractivity contribution in [2.45, 2.75) is 42.7 Å². The number of sulfonamides is 1. The van der Waals surface area contributed by atoms with E-state index in [0.29, 0.717) is 12.8 Å². The van der Waals surface area contributed by atoms with E-state index in [1.165, 1.54) is 16.4 Å². The molecule has 37 heavy (non-hydrogen) atoms. The number of rotatable bonds is 9. The zero-order valence-corrected chi connectivity index (χ0v) is 21.6. The number of amides is 1. The van der Waals surface area contributed by atoms with Gasteiger partial charge in [-0.3, -0.25) is 4.79 Å². The molecule has 9 heteroatoms. The number of carboxylic acids is 1. The molecule has 1 aliphatic rings. The molecule has 2 atom stereocenters. The number of aliphatic carboxylic acids is 1. The summed E-state index contributed by atoms with van der Waals surface area (Å²) >= 11 is 0. The van der Waals surface area contributed by atoms with Crippen molar-refractivity contribution in [2.75, 3.05) is 13.7 Å². The Hall–Kier alpha value is -3.69. The van der Waals surface area contributed by atoms with Crippen molar-refractivity contribution in [1.29, 1.82) is 0 Å². The van der Waals surface area contributed by atoms with E-state index in [2.05, 4.69) is 5.32 Å². The van der Waals surface area contributed by atoms with Crippen LogP contribution in [0.4, 0.5) is 0 Å². The molecule has 8 nitrogen and oxygen atoms in total. The number of carboxylic acid groups (broad SMARTS) is 1. The quantitative estimate of drug-likeness (QED) is 0.443. The molecule has 1 fully saturated rings. The van der Waals surface area contributed by atoms with E-state index in [1.807, 2.05) is 48.5 Å². The van der Waals surface area contributed by atoms with Gasteiger partial charge in [0.05, 0.1) is 12.0 Å². The normalized spacial score (nSPS) is 18.8. The van der Waals surface area contributed by atoms with Crippen molar-refractivity contribution < 1.29 is 27.9 Å². The summed E-state index contributed by atoms with van der Waals surface area (Å²) in [4.78, 5) is 25.5. The first-order chi connectivity index (χ1) is 17.7. The summed E-state index contributed by atoms with van der Waals surface area (Å²) in [5.74, 6) is -1.09. The Kier molecular flexibility index (Phi) is 7.65. The van der Waals surface area contributed by atoms with Crippen LogP contribution in [0.15, 0.2) is 83.8 Å². The van der Waals surface area contributed by atoms with Crippen LogP contribution in [0, 0.1) is 0 Å². The van der Waals surface area contributed by atoms with E-state index >= 15 is 0 Å². The number of hydrogen-bond donors (Lipinski definition) is 2. The lowest BCUT2D eigenvalue weighted by Gasteiger charge is -2.34. The number of hydrogen-bond acceptors (Lipinski definition) is 5. The van der Waals surface area contributed by atoms with Crippen molar-refractivity contribution in [3.63, 3.8) is 0 Å². The molecule has 0 aliphatic carbocycles. The maximum Gasteiger partial charge on any atom is 0.326 e. The summed E-state index contributed by atoms with van der Waals surface area (Å²) in [6.07, 6.45) is 0.845. The van der Waals surface area contributed by atoms with Crippen molar-refractivity contribution in [1.82, 2.24) is 9.62 Å². The summed E-state index contributed by atoms with van der Waals surface area (Å²) in [7, 11) is -2.33. The Balaban J connectivity index is 1.51. The molecule has 0 radical (unpaired) electrons. The molecule has 1 unspecified atom stereocenters. The summed E-state index contributed by atoms with van der Waals surface area (Å²) in [5.41, 5.74) is 1.15. The van der Waals surface area contributed by atoms with E-state index in [1.54, 1.807) is 32.2 Å². The Morgan fingerprint density at radius 2 is 1.68 bits per heavy atom. The second kappa shape index (κ2) is 10.7. The predicted octanol–water partition coefficient (Wildman–Crippen LogP) is 3.72. The van der Waals surface area contributed by atoms with Gasteiger partial charge in [-0.1, -0.05) is 60.7 Å². The van der Waals surface area contributed by atoms with Crippen molar-refractivity contribution in [2.24, 2.45) is 0 Å². The Labute approximate surface area is 216 Å². The minimum atomic E-state index is -3.93. The molecule has 0 bridgehead atoms. The van der Waals surface area contributed by atoms with Gasteiger partial charge in [0.15, 0.2) is 0 Å². The first-order valence-corrected chi connectivity index (χ1v) is 13.4. The van der Waals surface area contributed by atoms with Crippen LogP contribution >= 0.6 is 0 Å². The third kappa shape index (κ3) is 5.38. The molecule has 0 spiro atoms. The maximum absolute atomic E-state index is 13.4. The van der Waals surface area contributed by atoms with E-state index in [0.717, 1.165) is 22.4 Å². The predicted molar refractivity (Wildman–Crippen MR) is 140 cm³/mol. The van der Waals surface area contributed by atoms with Gasteiger partial charge >= 0.3 is 5.97 Å². The summed E-state index contributed by atoms with van der Waals surface area (Å²) in [5, 5.41) is 12.5. The molecule has 1 heterocycles. The number of benzene rings is 3. The lowest BCUT2D eigenvalue weighted by atomic mass is 9.97. The van der Waals surface area contributed by atoms with Gasteiger partial charge in [-0.25, -0.2) is 13.2 Å². The van der Waals surface area contributed by atoms with E-state index in [-0.39, 0.29) is 17.9 Å². The first kappa shape index (κ1) is 26.4. The second-order valence-electron chi connectivity index (χ2n) is 9.23. The lowest BCUT2D eigenvalue weighted by Crippen LogP contribution is -2.58. The highest BCUT2D eigenvalue weighted by molar-refractivity contribution is 7.89. The van der Waals surface area contributed by atoms with Crippen LogP contribution in [0.5, 0.6) is 5.75 Å². The lowest BCUT2D eigenvalue weighted by molar-refractivity contribution is -0.143. The number of carbonyl (C=O) groups is 2. The van der Waals surface area contributed by atoms with Crippen LogP contribution in [0.2, 0.25) is 0 Å². The van der Waals surface area contributed by atoms with Crippen molar-refractivity contribution in [3.8, 4) is 16.9 Å². The molecule has 3 aromatic carbocycles. The third-order valence-corrected chi connectivity index (χ3v) is 8.84. The first-order valence-electron chi connectivity index (χ1n) is 12.0. The zero-order chi connectivity index (χ0) is 26.6. The third-order valence-electron chi connectivity index (χ3n) is 6.81. The molecule has 2 N–H and O–H groups in total. The minimum Gasteiger partial charge on any atom is -0.496 e. The SMILES string of the molecule is COc1ccccc1-c1ccc(CC(NC(=O)[C@]2(C)CCCN2S(=O)(=O)c2ccccc2)C(=O)O)cc1. The highest BCUT2D eigenvalue weighted by Crippen LogP contribution is 2.35. The molecule has 0 aromatic heterocycles. The van der Waals surface area contributed by atoms with Crippen molar-refractivity contribution >= 4 is 21.9 Å². The summed E-state index contributed by atoms with van der Waals surface area (Å²) in [6.45, 7) is 1.74. The van der Waals surface area contributed by atoms with Gasteiger partial charge in [0, 0.05) is 18.5 Å². The number of methoxy groups -OCH3 is 1. The van der Waals surface area contributed by atoms with Crippen LogP contribution in [0.25, 0.3) is 11.1 Å². The molecule has 1 saturated heterocycles. The average molecular weight is 523 g/mol. The largest absolute Gasteiger partial charge is 0.496 e. The molecule has 194 valence electrons. The second-order valence-corrected chi connectivity index (χ2v) is 11.1. The van der Waals surface area contributed by atoms with Gasteiger partial charge in [-0.2, -0.15) is 4.31 Å². The number of para-hydroxylation sites is 1. The van der Waals surface area contributed by atoms with Gasteiger partial charge in [-0.15, -0.1) is 0 Å². The highest BCUT2D eigenvalue weighted by Gasteiger charge is 2.50. The topological polar surface area (TPSA) is 113 Å². The van der Waals surface area contributed by atoms with Gasteiger partial charge in [-0.05, 0) is 49.1 Å². The van der Waals surface area contributed by atoms with E-state index < -0.39 is 33.5 Å². The van der Waals surface area contributed by atoms with Crippen LogP contribution < -0.4 is 10.1 Å². The van der Waals surface area contributed by atoms with E-state index in [4.69, 9.17) is 4.74 Å². The minimum absolute atomic E-state index is 0.0504. The number of nitrogens with one attached hydrogen (secondary N) is 1. The number of nitrogens with zero attached hydrogens (tertiary/aromatic N) is 1. The standard InChI is InChI=1S/C28H30N2O6S/c1-28(17-8-18-30(28)37(34,35)22-9-4-3-5-10-22)27(33)29-24(26(31)32)19-20-13-15-21(16-14-20)23-11-6-7-12-25(23)36-2/h3-7,9-16,24H,8,17-19H2,1-2H3,(H,29,33)(H,31,32)/t24?,28-/m0/s1. The van der Waals surface area contributed by atoms with E-state index in [9.17, 15) is 23.1 Å². The highest BCUT2D eigenvalue weighted by atomic mass is 32.2. The Morgan fingerprint density at radius 3 is 2.32 bits per heavy atom. The van der Waals surface area contributed by atoms with Gasteiger partial charge in [0.25, 0.3) is 0 Å². The number of carbonyl (C=O) groups excluding carboxylic acids is 1. The van der Waals surface area contributed by atoms with Crippen LogP contribution in [0.3, 0.4) is 0 Å². The Morgan fingerprint density at radius 1 is 1.03 bits per heavy atom. The van der Waals surface area contributed by atoms with Gasteiger partial charge < -0.3 is 15.2 Å². The summed E-state index contributed by atoms with van der Waals surface area (Å²) < 4.78 is 33.2. The molecular formula is C28H30N2O6S. The van der Waals surface area contributed by atoms with Gasteiger partial charge in [0.2, 0.25) is 15.9 Å². The Bertz CT molecular complexity index is 1380.